The average molecular weight is 458 g/mol. The summed E-state index contributed by atoms with van der Waals surface area (Å²) >= 11 is 0. The van der Waals surface area contributed by atoms with Gasteiger partial charge in [0.1, 0.15) is 11.6 Å². The number of aliphatic imine (C=N–C) groups is 1. The van der Waals surface area contributed by atoms with Crippen molar-refractivity contribution in [1.82, 2.24) is 14.9 Å². The molecule has 2 aromatic heterocycles. The molecule has 10 heteroatoms. The van der Waals surface area contributed by atoms with Gasteiger partial charge >= 0.3 is 6.18 Å². The van der Waals surface area contributed by atoms with Crippen molar-refractivity contribution in [2.24, 2.45) is 4.99 Å². The molecule has 0 aliphatic carbocycles. The highest BCUT2D eigenvalue weighted by Crippen LogP contribution is 2.30. The van der Waals surface area contributed by atoms with E-state index < -0.39 is 12.7 Å². The van der Waals surface area contributed by atoms with Gasteiger partial charge in [0.05, 0.1) is 12.1 Å². The summed E-state index contributed by atoms with van der Waals surface area (Å²) in [4.78, 5) is 28.2. The van der Waals surface area contributed by atoms with Gasteiger partial charge < -0.3 is 10.2 Å². The Morgan fingerprint density at radius 1 is 1.15 bits per heavy atom. The summed E-state index contributed by atoms with van der Waals surface area (Å²) in [7, 11) is 1.59. The van der Waals surface area contributed by atoms with Crippen LogP contribution in [0.4, 0.5) is 30.5 Å². The number of hydrogen-bond donors (Lipinski definition) is 1. The molecule has 33 heavy (non-hydrogen) atoms. The maximum Gasteiger partial charge on any atom is 0.401 e. The molecule has 2 aliphatic heterocycles. The minimum absolute atomic E-state index is 0.110. The summed E-state index contributed by atoms with van der Waals surface area (Å²) in [5, 5.41) is 3.15. The number of carbonyl (C=O) groups is 1. The summed E-state index contributed by atoms with van der Waals surface area (Å²) in [6.07, 6.45) is 1.19. The maximum absolute atomic E-state index is 12.6. The van der Waals surface area contributed by atoms with Gasteiger partial charge in [0.15, 0.2) is 0 Å². The third-order valence-electron chi connectivity index (χ3n) is 5.90. The number of halogens is 3. The lowest BCUT2D eigenvalue weighted by atomic mass is 9.90. The van der Waals surface area contributed by atoms with Crippen LogP contribution in [-0.2, 0) is 4.79 Å². The van der Waals surface area contributed by atoms with Gasteiger partial charge in [-0.1, -0.05) is 6.07 Å². The van der Waals surface area contributed by atoms with E-state index in [0.29, 0.717) is 56.1 Å². The third-order valence-corrected chi connectivity index (χ3v) is 5.90. The number of nitrogens with one attached hydrogen (secondary N) is 1. The molecule has 0 unspecified atom stereocenters. The fraction of sp³-hybridized carbons (Fsp3) is 0.435. The van der Waals surface area contributed by atoms with Gasteiger partial charge in [0.25, 0.3) is 5.91 Å². The first-order chi connectivity index (χ1) is 15.8. The van der Waals surface area contributed by atoms with Crippen molar-refractivity contribution in [2.45, 2.75) is 31.4 Å². The van der Waals surface area contributed by atoms with Crippen LogP contribution >= 0.6 is 0 Å². The number of amides is 1. The van der Waals surface area contributed by atoms with Gasteiger partial charge in [-0.25, -0.2) is 15.0 Å². The lowest BCUT2D eigenvalue weighted by molar-refractivity contribution is -0.147. The van der Waals surface area contributed by atoms with E-state index in [1.165, 1.54) is 4.90 Å². The fourth-order valence-electron chi connectivity index (χ4n) is 4.27. The van der Waals surface area contributed by atoms with Crippen molar-refractivity contribution in [3.63, 3.8) is 0 Å². The Hall–Kier alpha value is -3.23. The molecule has 0 bridgehead atoms. The molecular formula is C23H25F3N6O. The molecule has 2 fully saturated rings. The van der Waals surface area contributed by atoms with Crippen LogP contribution in [0.25, 0.3) is 0 Å². The quantitative estimate of drug-likeness (QED) is 0.543. The van der Waals surface area contributed by atoms with E-state index in [4.69, 9.17) is 0 Å². The Labute approximate surface area is 190 Å². The number of likely N-dealkylation sites (tertiary alicyclic amines) is 1. The second-order valence-corrected chi connectivity index (χ2v) is 8.19. The summed E-state index contributed by atoms with van der Waals surface area (Å²) < 4.78 is 37.7. The van der Waals surface area contributed by atoms with Gasteiger partial charge in [-0.15, -0.1) is 0 Å². The molecule has 4 rings (SSSR count). The van der Waals surface area contributed by atoms with Gasteiger partial charge in [-0.2, -0.15) is 13.2 Å². The first kappa shape index (κ1) is 22.9. The largest absolute Gasteiger partial charge is 0.401 e. The van der Waals surface area contributed by atoms with Crippen LogP contribution in [-0.4, -0.2) is 66.0 Å². The summed E-state index contributed by atoms with van der Waals surface area (Å²) in [6.45, 7) is 0.572. The number of anilines is 3. The van der Waals surface area contributed by atoms with Crippen LogP contribution in [0.2, 0.25) is 0 Å². The topological polar surface area (TPSA) is 73.7 Å². The van der Waals surface area contributed by atoms with Crippen molar-refractivity contribution in [3.8, 4) is 0 Å². The molecule has 2 aromatic rings. The van der Waals surface area contributed by atoms with E-state index in [-0.39, 0.29) is 11.8 Å². The molecule has 2 saturated heterocycles. The molecule has 4 heterocycles. The van der Waals surface area contributed by atoms with Crippen molar-refractivity contribution in [2.75, 3.05) is 43.4 Å². The second kappa shape index (κ2) is 9.72. The number of hydrogen-bond acceptors (Lipinski definition) is 6. The molecule has 1 N–H and O–H groups in total. The second-order valence-electron chi connectivity index (χ2n) is 8.19. The summed E-state index contributed by atoms with van der Waals surface area (Å²) in [6, 6.07) is 7.35. The van der Waals surface area contributed by atoms with E-state index in [9.17, 15) is 18.0 Å². The molecule has 0 atom stereocenters. The van der Waals surface area contributed by atoms with Gasteiger partial charge in [-0.3, -0.25) is 9.69 Å². The Balaban J connectivity index is 1.37. The first-order valence-electron chi connectivity index (χ1n) is 10.8. The maximum atomic E-state index is 12.6. The van der Waals surface area contributed by atoms with Crippen LogP contribution in [0.1, 0.15) is 30.7 Å². The number of nitrogens with zero attached hydrogens (tertiary/aromatic N) is 5. The van der Waals surface area contributed by atoms with Crippen molar-refractivity contribution < 1.29 is 18.0 Å². The molecule has 174 valence electrons. The molecular weight excluding hydrogens is 433 g/mol. The Morgan fingerprint density at radius 3 is 2.61 bits per heavy atom. The minimum Gasteiger partial charge on any atom is -0.325 e. The van der Waals surface area contributed by atoms with Crippen molar-refractivity contribution in [1.29, 1.82) is 0 Å². The van der Waals surface area contributed by atoms with Gasteiger partial charge in [0, 0.05) is 44.2 Å². The zero-order valence-electron chi connectivity index (χ0n) is 18.3. The van der Waals surface area contributed by atoms with E-state index in [2.05, 4.69) is 26.1 Å². The van der Waals surface area contributed by atoms with Crippen LogP contribution in [0, 0.1) is 0 Å². The molecule has 1 amide bonds. The van der Waals surface area contributed by atoms with Crippen LogP contribution in [0.5, 0.6) is 0 Å². The smallest absolute Gasteiger partial charge is 0.325 e. The monoisotopic (exact) mass is 458 g/mol. The van der Waals surface area contributed by atoms with Crippen LogP contribution in [0.3, 0.4) is 0 Å². The molecule has 0 saturated carbocycles. The Kier molecular flexibility index (Phi) is 6.76. The van der Waals surface area contributed by atoms with Gasteiger partial charge in [-0.05, 0) is 55.4 Å². The number of rotatable bonds is 5. The zero-order chi connectivity index (χ0) is 23.4. The highest BCUT2D eigenvalue weighted by Gasteiger charge is 2.33. The number of piperidine rings is 1. The lowest BCUT2D eigenvalue weighted by Gasteiger charge is -2.32. The zero-order valence-corrected chi connectivity index (χ0v) is 18.3. The number of aromatic nitrogens is 2. The Morgan fingerprint density at radius 2 is 1.94 bits per heavy atom. The van der Waals surface area contributed by atoms with Crippen molar-refractivity contribution in [3.05, 3.63) is 47.8 Å². The molecule has 0 spiro atoms. The van der Waals surface area contributed by atoms with Crippen LogP contribution < -0.4 is 10.2 Å². The van der Waals surface area contributed by atoms with Crippen LogP contribution in [0.15, 0.2) is 47.2 Å². The minimum atomic E-state index is -4.15. The predicted octanol–water partition coefficient (Wildman–Crippen LogP) is 3.92. The molecule has 2 aliphatic rings. The van der Waals surface area contributed by atoms with Crippen molar-refractivity contribution >= 4 is 29.1 Å². The van der Waals surface area contributed by atoms with Gasteiger partial charge in [0.2, 0.25) is 0 Å². The number of alkyl halides is 3. The average Bonchev–Trinajstić information content (AvgIpc) is 3.15. The summed E-state index contributed by atoms with van der Waals surface area (Å²) in [5.41, 5.74) is 2.31. The predicted molar refractivity (Wildman–Crippen MR) is 120 cm³/mol. The number of pyridine rings is 2. The normalized spacial score (nSPS) is 17.9. The molecule has 0 radical (unpaired) electrons. The molecule has 0 aromatic carbocycles. The van der Waals surface area contributed by atoms with E-state index >= 15 is 0 Å². The Bertz CT molecular complexity index is 1050. The van der Waals surface area contributed by atoms with E-state index in [1.54, 1.807) is 36.5 Å². The third kappa shape index (κ3) is 5.77. The fourth-order valence-corrected chi connectivity index (χ4v) is 4.27. The molecule has 7 nitrogen and oxygen atoms in total. The lowest BCUT2D eigenvalue weighted by Crippen LogP contribution is -2.39. The highest BCUT2D eigenvalue weighted by molar-refractivity contribution is 6.13. The number of carbonyl (C=O) groups excluding carboxylic acids is 1. The highest BCUT2D eigenvalue weighted by atomic mass is 19.4. The first-order valence-corrected chi connectivity index (χ1v) is 10.8. The SMILES string of the molecule is CN=C=C1CCN(c2ccnc(Nc3ccc(C4CCN(CC(F)(F)F)CC4)cn3)c2)C1=O. The van der Waals surface area contributed by atoms with E-state index in [0.717, 1.165) is 11.3 Å². The summed E-state index contributed by atoms with van der Waals surface area (Å²) in [5.74, 6) is 4.00. The standard InChI is InChI=1S/C23H25F3N6O/c1-27-13-18-7-11-32(22(18)33)19-4-8-28-21(12-19)30-20-3-2-17(14-29-20)16-5-9-31(10-6-16)15-23(24,25)26/h2-4,8,12,14,16H,5-7,9-11,15H2,1H3,(H,28,29,30). The van der Waals surface area contributed by atoms with E-state index in [1.807, 2.05) is 12.1 Å².